The SMILES string of the molecule is CC(C)NCC1CNCc2c(Br)cccc21. The Morgan fingerprint density at radius 1 is 1.50 bits per heavy atom. The Morgan fingerprint density at radius 2 is 2.31 bits per heavy atom. The second kappa shape index (κ2) is 5.30. The smallest absolute Gasteiger partial charge is 0.0223 e. The van der Waals surface area contributed by atoms with Gasteiger partial charge in [-0.25, -0.2) is 0 Å². The van der Waals surface area contributed by atoms with Crippen molar-refractivity contribution in [3.05, 3.63) is 33.8 Å². The number of nitrogens with one attached hydrogen (secondary N) is 2. The molecule has 3 heteroatoms. The van der Waals surface area contributed by atoms with Gasteiger partial charge in [-0.2, -0.15) is 0 Å². The van der Waals surface area contributed by atoms with Crippen LogP contribution in [0.3, 0.4) is 0 Å². The van der Waals surface area contributed by atoms with Crippen LogP contribution in [-0.4, -0.2) is 19.1 Å². The molecule has 1 aromatic carbocycles. The third kappa shape index (κ3) is 2.65. The zero-order valence-corrected chi connectivity index (χ0v) is 11.5. The standard InChI is InChI=1S/C13H19BrN2/c1-9(2)16-7-10-6-15-8-12-11(10)4-3-5-13(12)14/h3-5,9-10,15-16H,6-8H2,1-2H3. The predicted octanol–water partition coefficient (Wildman–Crippen LogP) is 2.63. The fraction of sp³-hybridized carbons (Fsp3) is 0.538. The van der Waals surface area contributed by atoms with Crippen LogP contribution >= 0.6 is 15.9 Å². The summed E-state index contributed by atoms with van der Waals surface area (Å²) in [5.41, 5.74) is 2.91. The van der Waals surface area contributed by atoms with Crippen molar-refractivity contribution in [2.75, 3.05) is 13.1 Å². The Kier molecular flexibility index (Phi) is 4.00. The predicted molar refractivity (Wildman–Crippen MR) is 71.7 cm³/mol. The summed E-state index contributed by atoms with van der Waals surface area (Å²) in [6.07, 6.45) is 0. The molecule has 0 spiro atoms. The van der Waals surface area contributed by atoms with Gasteiger partial charge in [0.15, 0.2) is 0 Å². The van der Waals surface area contributed by atoms with Gasteiger partial charge in [0.2, 0.25) is 0 Å². The van der Waals surface area contributed by atoms with Gasteiger partial charge in [-0.1, -0.05) is 41.9 Å². The minimum Gasteiger partial charge on any atom is -0.314 e. The number of fused-ring (bicyclic) bond motifs is 1. The van der Waals surface area contributed by atoms with E-state index in [1.54, 1.807) is 0 Å². The summed E-state index contributed by atoms with van der Waals surface area (Å²) in [6, 6.07) is 7.07. The maximum Gasteiger partial charge on any atom is 0.0223 e. The molecule has 2 N–H and O–H groups in total. The second-order valence-electron chi connectivity index (χ2n) is 4.70. The van der Waals surface area contributed by atoms with E-state index >= 15 is 0 Å². The molecule has 0 saturated heterocycles. The molecule has 1 unspecified atom stereocenters. The maximum atomic E-state index is 3.63. The Hall–Kier alpha value is -0.380. The molecular weight excluding hydrogens is 264 g/mol. The van der Waals surface area contributed by atoms with E-state index in [2.05, 4.69) is 58.6 Å². The average molecular weight is 283 g/mol. The normalized spacial score (nSPS) is 19.9. The molecule has 0 aliphatic carbocycles. The fourth-order valence-electron chi connectivity index (χ4n) is 2.19. The molecule has 16 heavy (non-hydrogen) atoms. The van der Waals surface area contributed by atoms with Crippen LogP contribution in [0.2, 0.25) is 0 Å². The molecular formula is C13H19BrN2. The summed E-state index contributed by atoms with van der Waals surface area (Å²) in [5, 5.41) is 7.01. The lowest BCUT2D eigenvalue weighted by Crippen LogP contribution is -2.36. The molecule has 88 valence electrons. The molecule has 1 aromatic rings. The Bertz CT molecular complexity index is 363. The minimum atomic E-state index is 0.553. The highest BCUT2D eigenvalue weighted by molar-refractivity contribution is 9.10. The van der Waals surface area contributed by atoms with Crippen molar-refractivity contribution in [2.24, 2.45) is 0 Å². The molecule has 0 radical (unpaired) electrons. The third-order valence-electron chi connectivity index (χ3n) is 3.06. The first kappa shape index (κ1) is 12.1. The first-order valence-electron chi connectivity index (χ1n) is 5.90. The minimum absolute atomic E-state index is 0.553. The third-order valence-corrected chi connectivity index (χ3v) is 3.80. The lowest BCUT2D eigenvalue weighted by molar-refractivity contribution is 0.477. The van der Waals surface area contributed by atoms with E-state index in [-0.39, 0.29) is 0 Å². The molecule has 0 amide bonds. The zero-order valence-electron chi connectivity index (χ0n) is 9.89. The quantitative estimate of drug-likeness (QED) is 0.891. The maximum absolute atomic E-state index is 3.63. The largest absolute Gasteiger partial charge is 0.314 e. The first-order valence-corrected chi connectivity index (χ1v) is 6.69. The van der Waals surface area contributed by atoms with Crippen LogP contribution in [0.1, 0.15) is 30.9 Å². The Morgan fingerprint density at radius 3 is 3.06 bits per heavy atom. The van der Waals surface area contributed by atoms with Gasteiger partial charge in [-0.15, -0.1) is 0 Å². The molecule has 0 bridgehead atoms. The zero-order chi connectivity index (χ0) is 11.5. The molecule has 0 aromatic heterocycles. The van der Waals surface area contributed by atoms with Crippen molar-refractivity contribution in [3.8, 4) is 0 Å². The van der Waals surface area contributed by atoms with Crippen molar-refractivity contribution >= 4 is 15.9 Å². The van der Waals surface area contributed by atoms with Crippen molar-refractivity contribution in [1.82, 2.24) is 10.6 Å². The van der Waals surface area contributed by atoms with Crippen LogP contribution < -0.4 is 10.6 Å². The van der Waals surface area contributed by atoms with Gasteiger partial charge < -0.3 is 10.6 Å². The van der Waals surface area contributed by atoms with Gasteiger partial charge in [-0.05, 0) is 17.2 Å². The highest BCUT2D eigenvalue weighted by Gasteiger charge is 2.20. The van der Waals surface area contributed by atoms with Crippen molar-refractivity contribution < 1.29 is 0 Å². The number of halogens is 1. The molecule has 2 rings (SSSR count). The highest BCUT2D eigenvalue weighted by Crippen LogP contribution is 2.29. The van der Waals surface area contributed by atoms with E-state index in [1.165, 1.54) is 15.6 Å². The van der Waals surface area contributed by atoms with Crippen LogP contribution in [-0.2, 0) is 6.54 Å². The van der Waals surface area contributed by atoms with Gasteiger partial charge in [-0.3, -0.25) is 0 Å². The Labute approximate surface area is 106 Å². The van der Waals surface area contributed by atoms with Gasteiger partial charge in [0.05, 0.1) is 0 Å². The van der Waals surface area contributed by atoms with E-state index in [0.29, 0.717) is 12.0 Å². The number of benzene rings is 1. The molecule has 1 aliphatic rings. The molecule has 0 saturated carbocycles. The van der Waals surface area contributed by atoms with Gasteiger partial charge in [0.1, 0.15) is 0 Å². The van der Waals surface area contributed by atoms with Crippen LogP contribution in [0.4, 0.5) is 0 Å². The molecule has 1 heterocycles. The van der Waals surface area contributed by atoms with Gasteiger partial charge in [0, 0.05) is 36.1 Å². The fourth-order valence-corrected chi connectivity index (χ4v) is 2.71. The molecule has 0 fully saturated rings. The number of hydrogen-bond donors (Lipinski definition) is 2. The number of hydrogen-bond acceptors (Lipinski definition) is 2. The summed E-state index contributed by atoms with van der Waals surface area (Å²) in [6.45, 7) is 7.49. The molecule has 1 aliphatic heterocycles. The van der Waals surface area contributed by atoms with E-state index in [0.717, 1.165) is 19.6 Å². The number of rotatable bonds is 3. The molecule has 1 atom stereocenters. The lowest BCUT2D eigenvalue weighted by Gasteiger charge is -2.28. The van der Waals surface area contributed by atoms with Crippen LogP contribution in [0.25, 0.3) is 0 Å². The van der Waals surface area contributed by atoms with Crippen LogP contribution in [0, 0.1) is 0 Å². The van der Waals surface area contributed by atoms with Crippen molar-refractivity contribution in [2.45, 2.75) is 32.4 Å². The van der Waals surface area contributed by atoms with Crippen molar-refractivity contribution in [3.63, 3.8) is 0 Å². The Balaban J connectivity index is 2.16. The monoisotopic (exact) mass is 282 g/mol. The average Bonchev–Trinajstić information content (AvgIpc) is 2.27. The summed E-state index contributed by atoms with van der Waals surface area (Å²) in [4.78, 5) is 0. The van der Waals surface area contributed by atoms with E-state index < -0.39 is 0 Å². The van der Waals surface area contributed by atoms with E-state index in [1.807, 2.05) is 0 Å². The second-order valence-corrected chi connectivity index (χ2v) is 5.55. The lowest BCUT2D eigenvalue weighted by atomic mass is 9.91. The van der Waals surface area contributed by atoms with Gasteiger partial charge >= 0.3 is 0 Å². The van der Waals surface area contributed by atoms with E-state index in [9.17, 15) is 0 Å². The summed E-state index contributed by atoms with van der Waals surface area (Å²) >= 11 is 3.63. The first-order chi connectivity index (χ1) is 7.68. The van der Waals surface area contributed by atoms with Crippen molar-refractivity contribution in [1.29, 1.82) is 0 Å². The van der Waals surface area contributed by atoms with Gasteiger partial charge in [0.25, 0.3) is 0 Å². The summed E-state index contributed by atoms with van der Waals surface area (Å²) < 4.78 is 1.23. The topological polar surface area (TPSA) is 24.1 Å². The van der Waals surface area contributed by atoms with E-state index in [4.69, 9.17) is 0 Å². The molecule has 2 nitrogen and oxygen atoms in total. The summed E-state index contributed by atoms with van der Waals surface area (Å²) in [5.74, 6) is 0.587. The highest BCUT2D eigenvalue weighted by atomic mass is 79.9. The van der Waals surface area contributed by atoms with Crippen LogP contribution in [0.5, 0.6) is 0 Å². The van der Waals surface area contributed by atoms with Crippen LogP contribution in [0.15, 0.2) is 22.7 Å². The summed E-state index contributed by atoms with van der Waals surface area (Å²) in [7, 11) is 0.